The summed E-state index contributed by atoms with van der Waals surface area (Å²) in [5.41, 5.74) is 4.07. The topological polar surface area (TPSA) is 72.2 Å². The van der Waals surface area contributed by atoms with Crippen LogP contribution in [0.4, 0.5) is 0 Å². The molecule has 1 N–H and O–H groups in total. The number of benzene rings is 1. The lowest BCUT2D eigenvalue weighted by atomic mass is 9.99. The van der Waals surface area contributed by atoms with Crippen LogP contribution in [-0.4, -0.2) is 32.9 Å². The van der Waals surface area contributed by atoms with Gasteiger partial charge in [0.25, 0.3) is 0 Å². The molecule has 0 spiro atoms. The Morgan fingerprint density at radius 3 is 2.62 bits per heavy atom. The zero-order valence-electron chi connectivity index (χ0n) is 16.8. The Hall–Kier alpha value is -2.51. The zero-order chi connectivity index (χ0) is 20.7. The molecular weight excluding hydrogens is 406 g/mol. The second-order valence-electron chi connectivity index (χ2n) is 7.06. The molecule has 0 radical (unpaired) electrons. The lowest BCUT2D eigenvalue weighted by Gasteiger charge is -2.12. The summed E-state index contributed by atoms with van der Waals surface area (Å²) in [5, 5.41) is 13.3. The molecule has 8 heteroatoms. The van der Waals surface area contributed by atoms with Crippen LogP contribution in [0.1, 0.15) is 52.6 Å². The van der Waals surface area contributed by atoms with E-state index >= 15 is 0 Å². The molecule has 0 unspecified atom stereocenters. The van der Waals surface area contributed by atoms with Crippen LogP contribution in [0.2, 0.25) is 5.02 Å². The highest BCUT2D eigenvalue weighted by molar-refractivity contribution is 7.15. The van der Waals surface area contributed by atoms with Crippen molar-refractivity contribution in [1.29, 1.82) is 0 Å². The molecule has 0 saturated carbocycles. The molecule has 1 aliphatic rings. The molecule has 1 aromatic carbocycles. The summed E-state index contributed by atoms with van der Waals surface area (Å²) in [7, 11) is 0. The molecule has 1 aliphatic heterocycles. The van der Waals surface area contributed by atoms with E-state index in [1.165, 1.54) is 10.4 Å². The van der Waals surface area contributed by atoms with Crippen LogP contribution in [0.25, 0.3) is 5.00 Å². The van der Waals surface area contributed by atoms with E-state index in [2.05, 4.69) is 33.9 Å². The third-order valence-electron chi connectivity index (χ3n) is 5.11. The Bertz CT molecular complexity index is 1110. The van der Waals surface area contributed by atoms with Gasteiger partial charge in [0, 0.05) is 27.6 Å². The highest BCUT2D eigenvalue weighted by atomic mass is 35.5. The van der Waals surface area contributed by atoms with E-state index in [4.69, 9.17) is 16.6 Å². The van der Waals surface area contributed by atoms with Crippen LogP contribution in [0, 0.1) is 20.8 Å². The maximum atomic E-state index is 12.4. The summed E-state index contributed by atoms with van der Waals surface area (Å²) in [6.07, 6.45) is 0.218. The predicted molar refractivity (Wildman–Crippen MR) is 117 cm³/mol. The van der Waals surface area contributed by atoms with E-state index < -0.39 is 6.04 Å². The van der Waals surface area contributed by atoms with Crippen molar-refractivity contribution in [2.75, 3.05) is 6.54 Å². The number of carbonyl (C=O) groups is 1. The second-order valence-corrected chi connectivity index (χ2v) is 8.70. The zero-order valence-corrected chi connectivity index (χ0v) is 18.4. The number of thiophene rings is 1. The third-order valence-corrected chi connectivity index (χ3v) is 6.55. The summed E-state index contributed by atoms with van der Waals surface area (Å²) < 4.78 is 2.05. The monoisotopic (exact) mass is 427 g/mol. The molecule has 150 valence electrons. The number of aliphatic imine (C=N–C) groups is 1. The summed E-state index contributed by atoms with van der Waals surface area (Å²) in [6.45, 7) is 8.64. The molecular formula is C21H22ClN5OS. The van der Waals surface area contributed by atoms with Gasteiger partial charge in [0.1, 0.15) is 16.9 Å². The molecule has 0 aliphatic carbocycles. The number of fused-ring (bicyclic) bond motifs is 3. The van der Waals surface area contributed by atoms with Crippen LogP contribution in [0.3, 0.4) is 0 Å². The van der Waals surface area contributed by atoms with Gasteiger partial charge in [-0.1, -0.05) is 23.7 Å². The molecule has 0 saturated heterocycles. The van der Waals surface area contributed by atoms with Crippen LogP contribution in [0.5, 0.6) is 0 Å². The number of aryl methyl sites for hydroxylation is 2. The van der Waals surface area contributed by atoms with Gasteiger partial charge < -0.3 is 5.32 Å². The first-order valence-electron chi connectivity index (χ1n) is 9.53. The average molecular weight is 428 g/mol. The Morgan fingerprint density at radius 1 is 1.21 bits per heavy atom. The molecule has 6 nitrogen and oxygen atoms in total. The Labute approximate surface area is 178 Å². The van der Waals surface area contributed by atoms with Gasteiger partial charge >= 0.3 is 0 Å². The maximum absolute atomic E-state index is 12.4. The van der Waals surface area contributed by atoms with E-state index in [1.54, 1.807) is 11.3 Å². The van der Waals surface area contributed by atoms with Crippen molar-refractivity contribution in [2.24, 2.45) is 4.99 Å². The van der Waals surface area contributed by atoms with E-state index in [1.807, 2.05) is 38.1 Å². The van der Waals surface area contributed by atoms with Crippen molar-refractivity contribution >= 4 is 34.6 Å². The van der Waals surface area contributed by atoms with Gasteiger partial charge in [-0.3, -0.25) is 14.4 Å². The highest BCUT2D eigenvalue weighted by Crippen LogP contribution is 2.39. The predicted octanol–water partition coefficient (Wildman–Crippen LogP) is 4.33. The number of hydrogen-bond donors (Lipinski definition) is 1. The second kappa shape index (κ2) is 7.72. The standard InChI is InChI=1S/C21H22ClN5OS/c1-5-23-17(28)10-16-20-26-25-13(4)27(20)21-18(11(2)12(3)29-21)19(24-16)14-6-8-15(22)9-7-14/h6-9,16H,5,10H2,1-4H3,(H,23,28)/t16-/m1/s1. The van der Waals surface area contributed by atoms with Crippen LogP contribution in [0.15, 0.2) is 29.3 Å². The van der Waals surface area contributed by atoms with Gasteiger partial charge in [-0.2, -0.15) is 0 Å². The first-order chi connectivity index (χ1) is 13.9. The van der Waals surface area contributed by atoms with E-state index in [-0.39, 0.29) is 12.3 Å². The Balaban J connectivity index is 1.96. The first kappa shape index (κ1) is 19.8. The number of aromatic nitrogens is 3. The van der Waals surface area contributed by atoms with Crippen LogP contribution in [-0.2, 0) is 4.79 Å². The number of rotatable bonds is 4. The van der Waals surface area contributed by atoms with Crippen molar-refractivity contribution < 1.29 is 4.79 Å². The molecule has 29 heavy (non-hydrogen) atoms. The van der Waals surface area contributed by atoms with Crippen molar-refractivity contribution in [1.82, 2.24) is 20.1 Å². The summed E-state index contributed by atoms with van der Waals surface area (Å²) in [5.74, 6) is 1.43. The smallest absolute Gasteiger partial charge is 0.222 e. The number of hydrogen-bond acceptors (Lipinski definition) is 5. The minimum atomic E-state index is -0.423. The fourth-order valence-corrected chi connectivity index (χ4v) is 4.92. The molecule has 3 aromatic rings. The molecule has 1 amide bonds. The minimum absolute atomic E-state index is 0.0536. The van der Waals surface area contributed by atoms with Crippen molar-refractivity contribution in [3.05, 3.63) is 62.5 Å². The molecule has 0 bridgehead atoms. The van der Waals surface area contributed by atoms with Gasteiger partial charge in [0.2, 0.25) is 5.91 Å². The van der Waals surface area contributed by atoms with Gasteiger partial charge in [-0.05, 0) is 45.4 Å². The number of nitrogens with zero attached hydrogens (tertiary/aromatic N) is 4. The molecule has 2 aromatic heterocycles. The Kier molecular flexibility index (Phi) is 5.27. The first-order valence-corrected chi connectivity index (χ1v) is 10.7. The van der Waals surface area contributed by atoms with Gasteiger partial charge in [-0.15, -0.1) is 21.5 Å². The van der Waals surface area contributed by atoms with Gasteiger partial charge in [0.15, 0.2) is 5.82 Å². The molecule has 1 atom stereocenters. The minimum Gasteiger partial charge on any atom is -0.356 e. The fourth-order valence-electron chi connectivity index (χ4n) is 3.58. The van der Waals surface area contributed by atoms with Gasteiger partial charge in [-0.25, -0.2) is 0 Å². The van der Waals surface area contributed by atoms with Gasteiger partial charge in [0.05, 0.1) is 12.1 Å². The number of carbonyl (C=O) groups excluding carboxylic acids is 1. The maximum Gasteiger partial charge on any atom is 0.222 e. The molecule has 0 fully saturated rings. The summed E-state index contributed by atoms with van der Waals surface area (Å²) >= 11 is 7.81. The lowest BCUT2D eigenvalue weighted by Crippen LogP contribution is -2.25. The van der Waals surface area contributed by atoms with Crippen LogP contribution < -0.4 is 5.32 Å². The summed E-state index contributed by atoms with van der Waals surface area (Å²) in [4.78, 5) is 18.7. The lowest BCUT2D eigenvalue weighted by molar-refractivity contribution is -0.121. The fraction of sp³-hybridized carbons (Fsp3) is 0.333. The molecule has 3 heterocycles. The summed E-state index contributed by atoms with van der Waals surface area (Å²) in [6, 6.07) is 7.25. The van der Waals surface area contributed by atoms with Crippen molar-refractivity contribution in [3.8, 4) is 5.00 Å². The average Bonchev–Trinajstić information content (AvgIpc) is 3.15. The van der Waals surface area contributed by atoms with E-state index in [0.29, 0.717) is 17.4 Å². The number of nitrogens with one attached hydrogen (secondary N) is 1. The van der Waals surface area contributed by atoms with E-state index in [0.717, 1.165) is 27.7 Å². The van der Waals surface area contributed by atoms with Crippen LogP contribution >= 0.6 is 22.9 Å². The number of amides is 1. The Morgan fingerprint density at radius 2 is 1.93 bits per heavy atom. The third kappa shape index (κ3) is 3.49. The largest absolute Gasteiger partial charge is 0.356 e. The van der Waals surface area contributed by atoms with Crippen molar-refractivity contribution in [3.63, 3.8) is 0 Å². The molecule has 4 rings (SSSR count). The van der Waals surface area contributed by atoms with E-state index in [9.17, 15) is 4.79 Å². The normalized spacial score (nSPS) is 15.3. The highest BCUT2D eigenvalue weighted by Gasteiger charge is 2.32. The SMILES string of the molecule is CCNC(=O)C[C@H]1N=C(c2ccc(Cl)cc2)c2c(sc(C)c2C)-n2c(C)nnc21. The van der Waals surface area contributed by atoms with Crippen molar-refractivity contribution in [2.45, 2.75) is 40.2 Å². The number of halogens is 1. The quantitative estimate of drug-likeness (QED) is 0.673.